The van der Waals surface area contributed by atoms with Crippen molar-refractivity contribution >= 4 is 45.6 Å². The summed E-state index contributed by atoms with van der Waals surface area (Å²) >= 11 is 6.25. The number of rotatable bonds is 4. The number of halogens is 1. The monoisotopic (exact) mass is 422 g/mol. The van der Waals surface area contributed by atoms with Gasteiger partial charge in [-0.1, -0.05) is 35.9 Å². The third kappa shape index (κ3) is 3.96. The average Bonchev–Trinajstić information content (AvgIpc) is 2.73. The Kier molecular flexibility index (Phi) is 5.59. The maximum Gasteiger partial charge on any atom is 0.241 e. The van der Waals surface area contributed by atoms with E-state index in [9.17, 15) is 9.59 Å². The number of hydrogen-bond donors (Lipinski definition) is 1. The lowest BCUT2D eigenvalue weighted by atomic mass is 9.89. The van der Waals surface area contributed by atoms with Gasteiger partial charge >= 0.3 is 0 Å². The molecule has 1 aliphatic heterocycles. The Morgan fingerprint density at radius 3 is 2.80 bits per heavy atom. The zero-order chi connectivity index (χ0) is 21.3. The van der Waals surface area contributed by atoms with Crippen LogP contribution < -0.4 is 10.2 Å². The molecule has 30 heavy (non-hydrogen) atoms. The second kappa shape index (κ2) is 8.32. The van der Waals surface area contributed by atoms with Crippen molar-refractivity contribution in [2.75, 3.05) is 37.4 Å². The second-order valence-electron chi connectivity index (χ2n) is 7.65. The number of pyridine rings is 1. The van der Waals surface area contributed by atoms with Gasteiger partial charge < -0.3 is 15.1 Å². The maximum absolute atomic E-state index is 13.2. The van der Waals surface area contributed by atoms with E-state index in [-0.39, 0.29) is 24.3 Å². The molecule has 0 saturated carbocycles. The van der Waals surface area contributed by atoms with Crippen LogP contribution in [-0.2, 0) is 9.59 Å². The summed E-state index contributed by atoms with van der Waals surface area (Å²) in [5.41, 5.74) is 2.40. The normalized spacial score (nSPS) is 15.6. The van der Waals surface area contributed by atoms with E-state index in [2.05, 4.69) is 10.3 Å². The predicted octanol–water partition coefficient (Wildman–Crippen LogP) is 3.91. The summed E-state index contributed by atoms with van der Waals surface area (Å²) in [6.45, 7) is 0.878. The minimum atomic E-state index is -0.358. The Balaban J connectivity index is 1.63. The molecule has 1 aromatic heterocycles. The molecule has 0 fully saturated rings. The Morgan fingerprint density at radius 1 is 1.20 bits per heavy atom. The molecule has 154 valence electrons. The molecule has 1 unspecified atom stereocenters. The van der Waals surface area contributed by atoms with Gasteiger partial charge in [0.15, 0.2) is 0 Å². The van der Waals surface area contributed by atoms with E-state index >= 15 is 0 Å². The summed E-state index contributed by atoms with van der Waals surface area (Å²) in [7, 11) is 3.48. The van der Waals surface area contributed by atoms with Crippen LogP contribution in [0.2, 0.25) is 5.02 Å². The number of amides is 2. The molecule has 2 heterocycles. The number of hydrogen-bond acceptors (Lipinski definition) is 4. The summed E-state index contributed by atoms with van der Waals surface area (Å²) in [4.78, 5) is 33.3. The molecule has 0 saturated heterocycles. The number of carbonyl (C=O) groups is 2. The van der Waals surface area contributed by atoms with Gasteiger partial charge in [-0.15, -0.1) is 0 Å². The maximum atomic E-state index is 13.2. The van der Waals surface area contributed by atoms with Crippen molar-refractivity contribution in [2.45, 2.75) is 12.3 Å². The standard InChI is InChI=1S/C23H23ClN4O2/c1-27(2)22(29)14-28-10-9-18(19-11-16(24)7-8-21(19)28)23(30)26-20-13-25-12-15-5-3-4-6-17(15)20/h3-8,11-13,18H,9-10,14H2,1-2H3,(H,26,30). The third-order valence-electron chi connectivity index (χ3n) is 5.46. The summed E-state index contributed by atoms with van der Waals surface area (Å²) in [5, 5.41) is 5.53. The molecule has 2 amide bonds. The average molecular weight is 423 g/mol. The highest BCUT2D eigenvalue weighted by atomic mass is 35.5. The predicted molar refractivity (Wildman–Crippen MR) is 120 cm³/mol. The molecule has 3 aromatic rings. The number of carbonyl (C=O) groups excluding carboxylic acids is 2. The highest BCUT2D eigenvalue weighted by molar-refractivity contribution is 6.30. The molecule has 1 aliphatic rings. The molecule has 6 nitrogen and oxygen atoms in total. The van der Waals surface area contributed by atoms with Crippen LogP contribution in [0.25, 0.3) is 10.8 Å². The molecule has 7 heteroatoms. The van der Waals surface area contributed by atoms with Gasteiger partial charge in [-0.2, -0.15) is 0 Å². The van der Waals surface area contributed by atoms with Gasteiger partial charge in [-0.25, -0.2) is 0 Å². The van der Waals surface area contributed by atoms with E-state index in [0.29, 0.717) is 23.7 Å². The first-order valence-corrected chi connectivity index (χ1v) is 10.2. The molecular weight excluding hydrogens is 400 g/mol. The Labute approximate surface area is 180 Å². The number of anilines is 2. The lowest BCUT2D eigenvalue weighted by Crippen LogP contribution is -2.41. The lowest BCUT2D eigenvalue weighted by Gasteiger charge is -2.35. The molecular formula is C23H23ClN4O2. The van der Waals surface area contributed by atoms with Gasteiger partial charge in [0.05, 0.1) is 24.3 Å². The number of aromatic nitrogens is 1. The van der Waals surface area contributed by atoms with Crippen LogP contribution in [0.5, 0.6) is 0 Å². The van der Waals surface area contributed by atoms with Crippen LogP contribution in [0.15, 0.2) is 54.9 Å². The Bertz CT molecular complexity index is 1110. The molecule has 1 atom stereocenters. The van der Waals surface area contributed by atoms with E-state index < -0.39 is 0 Å². The molecule has 1 N–H and O–H groups in total. The first kappa shape index (κ1) is 20.2. The van der Waals surface area contributed by atoms with E-state index in [1.165, 1.54) is 0 Å². The van der Waals surface area contributed by atoms with Crippen LogP contribution in [-0.4, -0.2) is 48.9 Å². The van der Waals surface area contributed by atoms with Crippen molar-refractivity contribution in [3.8, 4) is 0 Å². The largest absolute Gasteiger partial charge is 0.362 e. The van der Waals surface area contributed by atoms with Crippen molar-refractivity contribution in [3.63, 3.8) is 0 Å². The van der Waals surface area contributed by atoms with Crippen LogP contribution >= 0.6 is 11.6 Å². The minimum Gasteiger partial charge on any atom is -0.362 e. The Morgan fingerprint density at radius 2 is 2.00 bits per heavy atom. The molecule has 0 aliphatic carbocycles. The molecule has 0 radical (unpaired) electrons. The molecule has 0 bridgehead atoms. The van der Waals surface area contributed by atoms with E-state index in [0.717, 1.165) is 22.0 Å². The van der Waals surface area contributed by atoms with Gasteiger partial charge in [0, 0.05) is 48.3 Å². The van der Waals surface area contributed by atoms with Crippen molar-refractivity contribution in [1.82, 2.24) is 9.88 Å². The number of nitrogens with one attached hydrogen (secondary N) is 1. The van der Waals surface area contributed by atoms with Crippen molar-refractivity contribution < 1.29 is 9.59 Å². The number of likely N-dealkylation sites (N-methyl/N-ethyl adjacent to an activating group) is 1. The number of nitrogens with zero attached hydrogens (tertiary/aromatic N) is 3. The Hall–Kier alpha value is -3.12. The van der Waals surface area contributed by atoms with Crippen LogP contribution in [0, 0.1) is 0 Å². The van der Waals surface area contributed by atoms with Crippen LogP contribution in [0.3, 0.4) is 0 Å². The fraction of sp³-hybridized carbons (Fsp3) is 0.261. The first-order chi connectivity index (χ1) is 14.4. The topological polar surface area (TPSA) is 65.5 Å². The van der Waals surface area contributed by atoms with Crippen LogP contribution in [0.4, 0.5) is 11.4 Å². The van der Waals surface area contributed by atoms with Gasteiger partial charge in [0.25, 0.3) is 0 Å². The number of benzene rings is 2. The van der Waals surface area contributed by atoms with Crippen molar-refractivity contribution in [3.05, 3.63) is 65.4 Å². The summed E-state index contributed by atoms with van der Waals surface area (Å²) in [6, 6.07) is 13.3. The molecule has 2 aromatic carbocycles. The van der Waals surface area contributed by atoms with E-state index in [1.54, 1.807) is 37.5 Å². The zero-order valence-electron chi connectivity index (χ0n) is 16.9. The van der Waals surface area contributed by atoms with Crippen molar-refractivity contribution in [1.29, 1.82) is 0 Å². The van der Waals surface area contributed by atoms with E-state index in [1.807, 2.05) is 41.3 Å². The van der Waals surface area contributed by atoms with Crippen molar-refractivity contribution in [2.24, 2.45) is 0 Å². The SMILES string of the molecule is CN(C)C(=O)CN1CCC(C(=O)Nc2cncc3ccccc23)c2cc(Cl)ccc21. The molecule has 0 spiro atoms. The molecule has 4 rings (SSSR count). The summed E-state index contributed by atoms with van der Waals surface area (Å²) in [6.07, 6.45) is 4.04. The van der Waals surface area contributed by atoms with Gasteiger partial charge in [0.2, 0.25) is 11.8 Å². The minimum absolute atomic E-state index is 0.0145. The fourth-order valence-electron chi connectivity index (χ4n) is 3.83. The van der Waals surface area contributed by atoms with Gasteiger partial charge in [-0.05, 0) is 30.2 Å². The fourth-order valence-corrected chi connectivity index (χ4v) is 4.01. The highest BCUT2D eigenvalue weighted by Crippen LogP contribution is 2.38. The van der Waals surface area contributed by atoms with Gasteiger partial charge in [-0.3, -0.25) is 14.6 Å². The highest BCUT2D eigenvalue weighted by Gasteiger charge is 2.31. The summed E-state index contributed by atoms with van der Waals surface area (Å²) < 4.78 is 0. The second-order valence-corrected chi connectivity index (χ2v) is 8.09. The van der Waals surface area contributed by atoms with Gasteiger partial charge in [0.1, 0.15) is 0 Å². The smallest absolute Gasteiger partial charge is 0.241 e. The quantitative estimate of drug-likeness (QED) is 0.692. The third-order valence-corrected chi connectivity index (χ3v) is 5.70. The zero-order valence-corrected chi connectivity index (χ0v) is 17.7. The lowest BCUT2D eigenvalue weighted by molar-refractivity contribution is -0.127. The van der Waals surface area contributed by atoms with E-state index in [4.69, 9.17) is 11.6 Å². The van der Waals surface area contributed by atoms with Crippen LogP contribution in [0.1, 0.15) is 17.9 Å². The number of fused-ring (bicyclic) bond motifs is 2. The first-order valence-electron chi connectivity index (χ1n) is 9.82. The summed E-state index contributed by atoms with van der Waals surface area (Å²) in [5.74, 6) is -0.445.